The lowest BCUT2D eigenvalue weighted by molar-refractivity contribution is -0.137. The molecule has 0 aromatic heterocycles. The van der Waals surface area contributed by atoms with Crippen LogP contribution < -0.4 is 5.32 Å². The van der Waals surface area contributed by atoms with Gasteiger partial charge in [0.2, 0.25) is 5.91 Å². The molecule has 1 amide bonds. The maximum absolute atomic E-state index is 14.2. The molecule has 0 radical (unpaired) electrons. The second-order valence-corrected chi connectivity index (χ2v) is 10.7. The number of halogens is 3. The maximum Gasteiger partial charge on any atom is 0.412 e. The predicted octanol–water partition coefficient (Wildman–Crippen LogP) is 5.30. The summed E-state index contributed by atoms with van der Waals surface area (Å²) in [6.07, 6.45) is 2.43. The van der Waals surface area contributed by atoms with Crippen molar-refractivity contribution in [1.29, 1.82) is 0 Å². The van der Waals surface area contributed by atoms with Crippen LogP contribution in [0.25, 0.3) is 0 Å². The van der Waals surface area contributed by atoms with Crippen molar-refractivity contribution in [2.24, 2.45) is 5.92 Å². The van der Waals surface area contributed by atoms with Gasteiger partial charge in [-0.25, -0.2) is 0 Å². The van der Waals surface area contributed by atoms with E-state index in [9.17, 15) is 18.0 Å². The average molecular weight is 489 g/mol. The number of alkyl halides is 3. The molecule has 1 aromatic carbocycles. The molecule has 7 heteroatoms. The van der Waals surface area contributed by atoms with E-state index in [1.807, 2.05) is 35.2 Å². The molecule has 0 spiro atoms. The fourth-order valence-electron chi connectivity index (χ4n) is 6.58. The van der Waals surface area contributed by atoms with Gasteiger partial charge in [0.15, 0.2) is 0 Å². The zero-order valence-corrected chi connectivity index (χ0v) is 20.4. The van der Waals surface area contributed by atoms with Crippen LogP contribution >= 0.6 is 0 Å². The quantitative estimate of drug-likeness (QED) is 0.625. The first-order chi connectivity index (χ1) is 16.8. The molecule has 1 saturated carbocycles. The van der Waals surface area contributed by atoms with Gasteiger partial charge in [-0.05, 0) is 68.1 Å². The number of hydrogen-bond donors (Lipinski definition) is 1. The molecule has 1 aromatic rings. The molecule has 4 nitrogen and oxygen atoms in total. The highest BCUT2D eigenvalue weighted by atomic mass is 19.4. The van der Waals surface area contributed by atoms with Crippen LogP contribution in [0.5, 0.6) is 0 Å². The van der Waals surface area contributed by atoms with Crippen LogP contribution in [0.4, 0.5) is 13.2 Å². The van der Waals surface area contributed by atoms with Crippen LogP contribution in [-0.4, -0.2) is 55.4 Å². The first kappa shape index (κ1) is 24.6. The molecule has 5 rings (SSSR count). The van der Waals surface area contributed by atoms with Crippen molar-refractivity contribution in [3.8, 4) is 0 Å². The molecule has 0 bridgehead atoms. The zero-order chi connectivity index (χ0) is 24.6. The molecule has 2 fully saturated rings. The molecule has 3 atom stereocenters. The molecular weight excluding hydrogens is 453 g/mol. The highest BCUT2D eigenvalue weighted by molar-refractivity contribution is 5.89. The Labute approximate surface area is 205 Å². The van der Waals surface area contributed by atoms with E-state index < -0.39 is 23.1 Å². The van der Waals surface area contributed by atoms with E-state index in [1.165, 1.54) is 6.08 Å². The van der Waals surface area contributed by atoms with Gasteiger partial charge in [0.1, 0.15) is 0 Å². The van der Waals surface area contributed by atoms with Gasteiger partial charge in [0, 0.05) is 44.0 Å². The lowest BCUT2D eigenvalue weighted by atomic mass is 9.76. The van der Waals surface area contributed by atoms with Crippen LogP contribution in [0, 0.1) is 5.92 Å². The molecule has 2 aliphatic carbocycles. The smallest absolute Gasteiger partial charge is 0.381 e. The summed E-state index contributed by atoms with van der Waals surface area (Å²) in [5, 5.41) is 3.78. The second-order valence-electron chi connectivity index (χ2n) is 10.7. The number of nitrogens with zero attached hydrogens (tertiary/aromatic N) is 1. The summed E-state index contributed by atoms with van der Waals surface area (Å²) < 4.78 is 46.2. The molecule has 1 saturated heterocycles. The summed E-state index contributed by atoms with van der Waals surface area (Å²) in [6, 6.07) is 10.6. The van der Waals surface area contributed by atoms with Crippen LogP contribution in [0.2, 0.25) is 0 Å². The van der Waals surface area contributed by atoms with Gasteiger partial charge in [0.25, 0.3) is 0 Å². The number of carbonyl (C=O) groups excluding carboxylic acids is 1. The Bertz CT molecular complexity index is 997. The monoisotopic (exact) mass is 488 g/mol. The first-order valence-corrected chi connectivity index (χ1v) is 12.9. The Kier molecular flexibility index (Phi) is 6.83. The van der Waals surface area contributed by atoms with Gasteiger partial charge in [-0.3, -0.25) is 4.79 Å². The lowest BCUT2D eigenvalue weighted by Gasteiger charge is -2.40. The number of rotatable bonds is 4. The Hall–Kier alpha value is -2.12. The van der Waals surface area contributed by atoms with Crippen molar-refractivity contribution in [2.45, 2.75) is 75.5 Å². The van der Waals surface area contributed by atoms with Gasteiger partial charge in [-0.15, -0.1) is 0 Å². The fraction of sp³-hybridized carbons (Fsp3) is 0.607. The van der Waals surface area contributed by atoms with Crippen LogP contribution in [0.3, 0.4) is 0 Å². The number of carbonyl (C=O) groups is 1. The van der Waals surface area contributed by atoms with Gasteiger partial charge in [-0.2, -0.15) is 13.2 Å². The fourth-order valence-corrected chi connectivity index (χ4v) is 6.58. The summed E-state index contributed by atoms with van der Waals surface area (Å²) in [5.41, 5.74) is 1.68. The predicted molar refractivity (Wildman–Crippen MR) is 129 cm³/mol. The van der Waals surface area contributed by atoms with Crippen LogP contribution in [-0.2, 0) is 14.9 Å². The third-order valence-electron chi connectivity index (χ3n) is 8.47. The summed E-state index contributed by atoms with van der Waals surface area (Å²) in [5.74, 6) is -0.467. The van der Waals surface area contributed by atoms with Crippen molar-refractivity contribution in [2.75, 3.05) is 26.3 Å². The average Bonchev–Trinajstić information content (AvgIpc) is 3.28. The number of amides is 1. The number of allylic oxidation sites excluding steroid dienone is 1. The van der Waals surface area contributed by atoms with E-state index in [-0.39, 0.29) is 18.5 Å². The minimum atomic E-state index is -4.33. The molecular formula is C28H35F3N2O2. The molecule has 2 aliphatic heterocycles. The third-order valence-corrected chi connectivity index (χ3v) is 8.47. The van der Waals surface area contributed by atoms with E-state index in [4.69, 9.17) is 4.74 Å². The van der Waals surface area contributed by atoms with Crippen LogP contribution in [0.1, 0.15) is 57.4 Å². The molecule has 2 heterocycles. The van der Waals surface area contributed by atoms with E-state index in [0.717, 1.165) is 56.5 Å². The van der Waals surface area contributed by atoms with Crippen LogP contribution in [0.15, 0.2) is 53.1 Å². The molecule has 4 aliphatic rings. The topological polar surface area (TPSA) is 41.6 Å². The molecule has 190 valence electrons. The summed E-state index contributed by atoms with van der Waals surface area (Å²) in [6.45, 7) is 4.03. The summed E-state index contributed by atoms with van der Waals surface area (Å²) >= 11 is 0. The van der Waals surface area contributed by atoms with Gasteiger partial charge in [-0.1, -0.05) is 42.8 Å². The highest BCUT2D eigenvalue weighted by Crippen LogP contribution is 2.45. The number of nitrogens with one attached hydrogen (secondary N) is 1. The van der Waals surface area contributed by atoms with E-state index in [1.54, 1.807) is 6.92 Å². The largest absolute Gasteiger partial charge is 0.412 e. The van der Waals surface area contributed by atoms with Gasteiger partial charge < -0.3 is 15.0 Å². The SMILES string of the molecule is CC1CC2=C(C=C1C(F)(F)F)CN(C(=O)[C@@]1(c3ccccc3)CC[C@@H](NC3CCOCC3)C1)CC2. The number of benzene rings is 1. The van der Waals surface area contributed by atoms with Gasteiger partial charge >= 0.3 is 6.18 Å². The van der Waals surface area contributed by atoms with Crippen molar-refractivity contribution >= 4 is 5.91 Å². The molecule has 35 heavy (non-hydrogen) atoms. The summed E-state index contributed by atoms with van der Waals surface area (Å²) in [7, 11) is 0. The normalized spacial score (nSPS) is 30.3. The standard InChI is InChI=1S/C28H35F3N2O2/c1-19-15-20-8-12-33(18-21(20)16-25(19)28(29,30)31)26(34)27(22-5-3-2-4-6-22)11-7-24(17-27)32-23-9-13-35-14-10-23/h2-6,16,19,23-24,32H,7-15,17-18H2,1H3/t19?,24-,27+/m1/s1. The van der Waals surface area contributed by atoms with E-state index in [2.05, 4.69) is 5.32 Å². The Morgan fingerprint density at radius 2 is 1.86 bits per heavy atom. The second kappa shape index (κ2) is 9.74. The van der Waals surface area contributed by atoms with Gasteiger partial charge in [0.05, 0.1) is 5.41 Å². The summed E-state index contributed by atoms with van der Waals surface area (Å²) in [4.78, 5) is 16.0. The minimum absolute atomic E-state index is 0.0621. The Balaban J connectivity index is 1.38. The lowest BCUT2D eigenvalue weighted by Crippen LogP contribution is -2.49. The van der Waals surface area contributed by atoms with Crippen molar-refractivity contribution < 1.29 is 22.7 Å². The Morgan fingerprint density at radius 1 is 1.11 bits per heavy atom. The van der Waals surface area contributed by atoms with Crippen molar-refractivity contribution in [3.63, 3.8) is 0 Å². The third kappa shape index (κ3) is 4.94. The van der Waals surface area contributed by atoms with Crippen molar-refractivity contribution in [3.05, 3.63) is 58.7 Å². The highest BCUT2D eigenvalue weighted by Gasteiger charge is 2.49. The number of ether oxygens (including phenoxy) is 1. The zero-order valence-electron chi connectivity index (χ0n) is 20.4. The first-order valence-electron chi connectivity index (χ1n) is 12.9. The Morgan fingerprint density at radius 3 is 2.57 bits per heavy atom. The molecule has 1 N–H and O–H groups in total. The number of hydrogen-bond acceptors (Lipinski definition) is 3. The van der Waals surface area contributed by atoms with Crippen molar-refractivity contribution in [1.82, 2.24) is 10.2 Å². The van der Waals surface area contributed by atoms with E-state index >= 15 is 0 Å². The minimum Gasteiger partial charge on any atom is -0.381 e. The maximum atomic E-state index is 14.2. The molecule has 1 unspecified atom stereocenters. The van der Waals surface area contributed by atoms with E-state index in [0.29, 0.717) is 31.0 Å².